The zero-order chi connectivity index (χ0) is 6.78. The minimum absolute atomic E-state index is 0.226. The summed E-state index contributed by atoms with van der Waals surface area (Å²) in [5.41, 5.74) is 0. The third-order valence-electron chi connectivity index (χ3n) is 0.723. The lowest BCUT2D eigenvalue weighted by Gasteiger charge is -2.10. The molecule has 1 radical (unpaired) electrons. The summed E-state index contributed by atoms with van der Waals surface area (Å²) in [6, 6.07) is 0. The van der Waals surface area contributed by atoms with E-state index >= 15 is 0 Å². The van der Waals surface area contributed by atoms with Crippen molar-refractivity contribution in [1.29, 1.82) is 0 Å². The lowest BCUT2D eigenvalue weighted by Crippen LogP contribution is -2.21. The topological polar surface area (TPSA) is 0 Å². The SMILES string of the molecule is CCC(F)C(F)(F)[S]. The highest BCUT2D eigenvalue weighted by molar-refractivity contribution is 7.81. The van der Waals surface area contributed by atoms with E-state index in [1.54, 1.807) is 0 Å². The second-order valence-corrected chi connectivity index (χ2v) is 1.98. The first kappa shape index (κ1) is 8.14. The van der Waals surface area contributed by atoms with Gasteiger partial charge in [-0.3, -0.25) is 0 Å². The van der Waals surface area contributed by atoms with Gasteiger partial charge in [0.05, 0.1) is 0 Å². The second kappa shape index (κ2) is 2.62. The molecule has 8 heavy (non-hydrogen) atoms. The van der Waals surface area contributed by atoms with E-state index in [4.69, 9.17) is 0 Å². The Morgan fingerprint density at radius 3 is 2.00 bits per heavy atom. The van der Waals surface area contributed by atoms with Gasteiger partial charge in [-0.25, -0.2) is 4.39 Å². The van der Waals surface area contributed by atoms with Crippen molar-refractivity contribution in [3.8, 4) is 0 Å². The van der Waals surface area contributed by atoms with Gasteiger partial charge in [0.1, 0.15) is 0 Å². The average molecular weight is 143 g/mol. The predicted octanol–water partition coefficient (Wildman–Crippen LogP) is 2.52. The van der Waals surface area contributed by atoms with Crippen LogP contribution in [0.15, 0.2) is 0 Å². The highest BCUT2D eigenvalue weighted by Crippen LogP contribution is 2.27. The van der Waals surface area contributed by atoms with Gasteiger partial charge >= 0.3 is 5.25 Å². The van der Waals surface area contributed by atoms with Gasteiger partial charge in [-0.1, -0.05) is 6.92 Å². The van der Waals surface area contributed by atoms with Gasteiger partial charge in [-0.05, 0) is 19.0 Å². The highest BCUT2D eigenvalue weighted by Gasteiger charge is 2.34. The Kier molecular flexibility index (Phi) is 2.66. The Labute approximate surface area is 51.5 Å². The quantitative estimate of drug-likeness (QED) is 0.557. The Balaban J connectivity index is 3.62. The number of alkyl halides is 3. The van der Waals surface area contributed by atoms with Gasteiger partial charge in [0, 0.05) is 0 Å². The van der Waals surface area contributed by atoms with Gasteiger partial charge in [0.15, 0.2) is 6.17 Å². The van der Waals surface area contributed by atoms with Crippen LogP contribution in [0.5, 0.6) is 0 Å². The van der Waals surface area contributed by atoms with Crippen LogP contribution in [0.25, 0.3) is 0 Å². The molecule has 0 nitrogen and oxygen atoms in total. The first-order valence-electron chi connectivity index (χ1n) is 2.20. The van der Waals surface area contributed by atoms with Gasteiger partial charge in [-0.15, -0.1) is 0 Å². The van der Waals surface area contributed by atoms with Crippen molar-refractivity contribution in [2.45, 2.75) is 24.8 Å². The normalized spacial score (nSPS) is 16.1. The van der Waals surface area contributed by atoms with Crippen molar-refractivity contribution in [3.63, 3.8) is 0 Å². The number of halogens is 3. The monoisotopic (exact) mass is 143 g/mol. The van der Waals surface area contributed by atoms with E-state index in [1.807, 2.05) is 0 Å². The summed E-state index contributed by atoms with van der Waals surface area (Å²) in [4.78, 5) is 0. The number of hydrogen-bond acceptors (Lipinski definition) is 0. The van der Waals surface area contributed by atoms with E-state index in [-0.39, 0.29) is 6.42 Å². The molecule has 0 rings (SSSR count). The molecule has 1 unspecified atom stereocenters. The Morgan fingerprint density at radius 2 is 2.00 bits per heavy atom. The highest BCUT2D eigenvalue weighted by atomic mass is 32.1. The van der Waals surface area contributed by atoms with Crippen LogP contribution in [-0.2, 0) is 0 Å². The molecule has 1 atom stereocenters. The molecule has 0 spiro atoms. The molecule has 0 aromatic rings. The second-order valence-electron chi connectivity index (χ2n) is 1.44. The molecule has 0 aliphatic carbocycles. The van der Waals surface area contributed by atoms with Crippen LogP contribution in [0.3, 0.4) is 0 Å². The van der Waals surface area contributed by atoms with Crippen LogP contribution in [-0.4, -0.2) is 11.4 Å². The fourth-order valence-electron chi connectivity index (χ4n) is 0.238. The zero-order valence-corrected chi connectivity index (χ0v) is 5.14. The average Bonchev–Trinajstić information content (AvgIpc) is 1.62. The molecular formula is C4H6F3S. The first-order valence-corrected chi connectivity index (χ1v) is 2.61. The molecule has 0 fully saturated rings. The molecule has 0 aromatic carbocycles. The van der Waals surface area contributed by atoms with Crippen molar-refractivity contribution in [2.24, 2.45) is 0 Å². The minimum Gasteiger partial charge on any atom is -0.240 e. The molecular weight excluding hydrogens is 137 g/mol. The molecule has 0 aromatic heterocycles. The van der Waals surface area contributed by atoms with Gasteiger partial charge in [0.2, 0.25) is 0 Å². The summed E-state index contributed by atoms with van der Waals surface area (Å²) < 4.78 is 34.9. The zero-order valence-electron chi connectivity index (χ0n) is 4.33. The molecule has 0 aliphatic rings. The lowest BCUT2D eigenvalue weighted by atomic mass is 10.3. The molecule has 0 N–H and O–H groups in total. The molecule has 0 bridgehead atoms. The van der Waals surface area contributed by atoms with Crippen LogP contribution in [0.2, 0.25) is 0 Å². The van der Waals surface area contributed by atoms with E-state index in [1.165, 1.54) is 6.92 Å². The third kappa shape index (κ3) is 2.45. The van der Waals surface area contributed by atoms with Crippen LogP contribution in [0, 0.1) is 0 Å². The van der Waals surface area contributed by atoms with Crippen molar-refractivity contribution in [1.82, 2.24) is 0 Å². The lowest BCUT2D eigenvalue weighted by molar-refractivity contribution is 0.0154. The molecule has 0 amide bonds. The van der Waals surface area contributed by atoms with Crippen LogP contribution in [0.4, 0.5) is 13.2 Å². The Bertz CT molecular complexity index is 68.2. The third-order valence-corrected chi connectivity index (χ3v) is 0.979. The maximum atomic E-state index is 11.8. The Morgan fingerprint density at radius 1 is 1.62 bits per heavy atom. The number of hydrogen-bond donors (Lipinski definition) is 0. The maximum Gasteiger partial charge on any atom is 0.334 e. The fourth-order valence-corrected chi connectivity index (χ4v) is 0.404. The minimum atomic E-state index is -3.57. The van der Waals surface area contributed by atoms with Gasteiger partial charge < -0.3 is 0 Å². The van der Waals surface area contributed by atoms with E-state index in [0.717, 1.165) is 0 Å². The largest absolute Gasteiger partial charge is 0.334 e. The molecule has 0 heterocycles. The van der Waals surface area contributed by atoms with Crippen LogP contribution < -0.4 is 0 Å². The van der Waals surface area contributed by atoms with E-state index in [2.05, 4.69) is 12.6 Å². The van der Waals surface area contributed by atoms with Crippen LogP contribution in [0.1, 0.15) is 13.3 Å². The first-order chi connectivity index (χ1) is 3.48. The summed E-state index contributed by atoms with van der Waals surface area (Å²) in [7, 11) is 0. The summed E-state index contributed by atoms with van der Waals surface area (Å²) in [6.07, 6.45) is -2.39. The standard InChI is InChI=1S/C4H6F3S/c1-2-3(5)4(6,7)8/h3H,2H2,1H3. The van der Waals surface area contributed by atoms with Crippen molar-refractivity contribution < 1.29 is 13.2 Å². The van der Waals surface area contributed by atoms with E-state index in [9.17, 15) is 13.2 Å². The predicted molar refractivity (Wildman–Crippen MR) is 27.7 cm³/mol. The molecule has 4 heteroatoms. The number of rotatable bonds is 2. The summed E-state index contributed by atoms with van der Waals surface area (Å²) >= 11 is 3.50. The molecule has 0 aliphatic heterocycles. The smallest absolute Gasteiger partial charge is 0.240 e. The molecule has 0 saturated heterocycles. The van der Waals surface area contributed by atoms with E-state index < -0.39 is 11.4 Å². The van der Waals surface area contributed by atoms with Crippen molar-refractivity contribution >= 4 is 12.6 Å². The Hall–Kier alpha value is 0.140. The van der Waals surface area contributed by atoms with Crippen molar-refractivity contribution in [3.05, 3.63) is 0 Å². The fraction of sp³-hybridized carbons (Fsp3) is 1.00. The van der Waals surface area contributed by atoms with Gasteiger partial charge in [0.25, 0.3) is 0 Å². The summed E-state index contributed by atoms with van der Waals surface area (Å²) in [5.74, 6) is 0. The van der Waals surface area contributed by atoms with Crippen molar-refractivity contribution in [2.75, 3.05) is 0 Å². The van der Waals surface area contributed by atoms with Crippen LogP contribution >= 0.6 is 12.6 Å². The molecule has 49 valence electrons. The molecule has 0 saturated carbocycles. The summed E-state index contributed by atoms with van der Waals surface area (Å²) in [6.45, 7) is 1.32. The van der Waals surface area contributed by atoms with E-state index in [0.29, 0.717) is 0 Å². The summed E-state index contributed by atoms with van der Waals surface area (Å²) in [5, 5.41) is -3.57. The maximum absolute atomic E-state index is 11.8. The van der Waals surface area contributed by atoms with Gasteiger partial charge in [-0.2, -0.15) is 8.78 Å².